The second-order valence-corrected chi connectivity index (χ2v) is 4.61. The molecule has 0 fully saturated rings. The summed E-state index contributed by atoms with van der Waals surface area (Å²) in [6, 6.07) is 8.48. The lowest BCUT2D eigenvalue weighted by Gasteiger charge is -2.20. The minimum Gasteiger partial charge on any atom is -0.496 e. The van der Waals surface area contributed by atoms with Crippen molar-refractivity contribution in [2.24, 2.45) is 0 Å². The Labute approximate surface area is 118 Å². The molecule has 0 spiro atoms. The number of methoxy groups -OCH3 is 1. The third-order valence-electron chi connectivity index (χ3n) is 3.28. The number of rotatable bonds is 7. The van der Waals surface area contributed by atoms with Gasteiger partial charge in [-0.1, -0.05) is 6.92 Å². The molecule has 3 nitrogen and oxygen atoms in total. The van der Waals surface area contributed by atoms with Crippen molar-refractivity contribution in [3.63, 3.8) is 0 Å². The van der Waals surface area contributed by atoms with Gasteiger partial charge >= 0.3 is 0 Å². The molecule has 0 aliphatic heterocycles. The highest BCUT2D eigenvalue weighted by Crippen LogP contribution is 2.29. The zero-order valence-corrected chi connectivity index (χ0v) is 11.9. The lowest BCUT2D eigenvalue weighted by atomic mass is 10.00. The minimum absolute atomic E-state index is 0.0377. The van der Waals surface area contributed by atoms with Crippen LogP contribution in [0.2, 0.25) is 0 Å². The molecule has 2 aromatic rings. The fourth-order valence-corrected chi connectivity index (χ4v) is 2.33. The van der Waals surface area contributed by atoms with Gasteiger partial charge in [-0.05, 0) is 43.3 Å². The Morgan fingerprint density at radius 3 is 2.85 bits per heavy atom. The van der Waals surface area contributed by atoms with Gasteiger partial charge in [0.2, 0.25) is 0 Å². The van der Waals surface area contributed by atoms with Crippen LogP contribution in [0.3, 0.4) is 0 Å². The van der Waals surface area contributed by atoms with Crippen molar-refractivity contribution < 1.29 is 13.5 Å². The number of nitrogens with one attached hydrogen (secondary N) is 1. The standard InChI is InChI=1S/C16H20FNO2/c1-3-18-15(8-7-13-5-4-10-20-13)14-11-12(17)6-9-16(14)19-2/h4-6,9-11,15,18H,3,7-8H2,1-2H3. The van der Waals surface area contributed by atoms with Crippen molar-refractivity contribution in [1.29, 1.82) is 0 Å². The molecule has 2 rings (SSSR count). The van der Waals surface area contributed by atoms with E-state index in [1.54, 1.807) is 19.4 Å². The Balaban J connectivity index is 2.16. The maximum absolute atomic E-state index is 13.5. The first-order valence-corrected chi connectivity index (χ1v) is 6.83. The molecular weight excluding hydrogens is 257 g/mol. The van der Waals surface area contributed by atoms with Gasteiger partial charge in [-0.25, -0.2) is 4.39 Å². The highest BCUT2D eigenvalue weighted by molar-refractivity contribution is 5.36. The summed E-state index contributed by atoms with van der Waals surface area (Å²) in [5.74, 6) is 1.39. The number of hydrogen-bond donors (Lipinski definition) is 1. The first kappa shape index (κ1) is 14.6. The molecule has 1 heterocycles. The summed E-state index contributed by atoms with van der Waals surface area (Å²) in [6.07, 6.45) is 3.28. The third-order valence-corrected chi connectivity index (χ3v) is 3.28. The normalized spacial score (nSPS) is 12.3. The number of aryl methyl sites for hydroxylation is 1. The zero-order chi connectivity index (χ0) is 14.4. The molecule has 0 amide bonds. The largest absolute Gasteiger partial charge is 0.496 e. The van der Waals surface area contributed by atoms with Crippen molar-refractivity contribution in [3.05, 3.63) is 53.7 Å². The van der Waals surface area contributed by atoms with Crippen LogP contribution in [0.4, 0.5) is 4.39 Å². The van der Waals surface area contributed by atoms with Crippen LogP contribution < -0.4 is 10.1 Å². The van der Waals surface area contributed by atoms with Gasteiger partial charge in [0, 0.05) is 18.0 Å². The molecule has 4 heteroatoms. The van der Waals surface area contributed by atoms with E-state index in [2.05, 4.69) is 5.32 Å². The van der Waals surface area contributed by atoms with Crippen molar-refractivity contribution in [3.8, 4) is 5.75 Å². The highest BCUT2D eigenvalue weighted by atomic mass is 19.1. The van der Waals surface area contributed by atoms with Gasteiger partial charge in [0.25, 0.3) is 0 Å². The maximum atomic E-state index is 13.5. The van der Waals surface area contributed by atoms with E-state index >= 15 is 0 Å². The van der Waals surface area contributed by atoms with Crippen LogP contribution in [0.25, 0.3) is 0 Å². The van der Waals surface area contributed by atoms with Crippen molar-refractivity contribution in [2.45, 2.75) is 25.8 Å². The van der Waals surface area contributed by atoms with Crippen LogP contribution in [0.5, 0.6) is 5.75 Å². The van der Waals surface area contributed by atoms with Gasteiger partial charge in [-0.3, -0.25) is 0 Å². The van der Waals surface area contributed by atoms with Crippen LogP contribution in [0.15, 0.2) is 41.0 Å². The van der Waals surface area contributed by atoms with Crippen LogP contribution in [-0.2, 0) is 6.42 Å². The van der Waals surface area contributed by atoms with Crippen molar-refractivity contribution >= 4 is 0 Å². The first-order valence-electron chi connectivity index (χ1n) is 6.83. The summed E-state index contributed by atoms with van der Waals surface area (Å²) in [5, 5.41) is 3.37. The highest BCUT2D eigenvalue weighted by Gasteiger charge is 2.16. The molecule has 0 radical (unpaired) electrons. The summed E-state index contributed by atoms with van der Waals surface area (Å²) >= 11 is 0. The van der Waals surface area contributed by atoms with E-state index in [1.165, 1.54) is 12.1 Å². The van der Waals surface area contributed by atoms with Crippen LogP contribution >= 0.6 is 0 Å². The van der Waals surface area contributed by atoms with Crippen LogP contribution in [0.1, 0.15) is 30.7 Å². The molecule has 0 aliphatic carbocycles. The predicted octanol–water partition coefficient (Wildman–Crippen LogP) is 3.71. The zero-order valence-electron chi connectivity index (χ0n) is 11.9. The van der Waals surface area contributed by atoms with Gasteiger partial charge in [0.05, 0.1) is 13.4 Å². The lowest BCUT2D eigenvalue weighted by molar-refractivity contribution is 0.391. The fraction of sp³-hybridized carbons (Fsp3) is 0.375. The third kappa shape index (κ3) is 3.61. The molecule has 0 saturated carbocycles. The molecule has 1 atom stereocenters. The number of ether oxygens (including phenoxy) is 1. The molecule has 108 valence electrons. The number of furan rings is 1. The monoisotopic (exact) mass is 277 g/mol. The molecule has 0 saturated heterocycles. The lowest BCUT2D eigenvalue weighted by Crippen LogP contribution is -2.22. The van der Waals surface area contributed by atoms with Crippen molar-refractivity contribution in [2.75, 3.05) is 13.7 Å². The summed E-state index contributed by atoms with van der Waals surface area (Å²) < 4.78 is 24.2. The Bertz CT molecular complexity index is 525. The first-order chi connectivity index (χ1) is 9.74. The minimum atomic E-state index is -0.248. The molecule has 0 bridgehead atoms. The summed E-state index contributed by atoms with van der Waals surface area (Å²) in [5.41, 5.74) is 0.848. The SMILES string of the molecule is CCNC(CCc1ccco1)c1cc(F)ccc1OC. The predicted molar refractivity (Wildman–Crippen MR) is 76.4 cm³/mol. The summed E-state index contributed by atoms with van der Waals surface area (Å²) in [6.45, 7) is 2.84. The molecule has 20 heavy (non-hydrogen) atoms. The van der Waals surface area contributed by atoms with Crippen molar-refractivity contribution in [1.82, 2.24) is 5.32 Å². The number of halogens is 1. The summed E-state index contributed by atoms with van der Waals surface area (Å²) in [7, 11) is 1.60. The van der Waals surface area contributed by atoms with Gasteiger partial charge in [-0.15, -0.1) is 0 Å². The maximum Gasteiger partial charge on any atom is 0.123 e. The molecular formula is C16H20FNO2. The molecule has 1 aromatic heterocycles. The molecule has 1 aromatic carbocycles. The van der Waals surface area contributed by atoms with E-state index < -0.39 is 0 Å². The van der Waals surface area contributed by atoms with Gasteiger partial charge in [0.15, 0.2) is 0 Å². The van der Waals surface area contributed by atoms with E-state index in [1.807, 2.05) is 19.1 Å². The van der Waals surface area contributed by atoms with Gasteiger partial charge < -0.3 is 14.5 Å². The average Bonchev–Trinajstić information content (AvgIpc) is 2.96. The van der Waals surface area contributed by atoms with Gasteiger partial charge in [0.1, 0.15) is 17.3 Å². The smallest absolute Gasteiger partial charge is 0.123 e. The number of benzene rings is 1. The summed E-state index contributed by atoms with van der Waals surface area (Å²) in [4.78, 5) is 0. The van der Waals surface area contributed by atoms with E-state index in [-0.39, 0.29) is 11.9 Å². The fourth-order valence-electron chi connectivity index (χ4n) is 2.33. The van der Waals surface area contributed by atoms with E-state index in [9.17, 15) is 4.39 Å². The van der Waals surface area contributed by atoms with Crippen LogP contribution in [-0.4, -0.2) is 13.7 Å². The second-order valence-electron chi connectivity index (χ2n) is 4.61. The Hall–Kier alpha value is -1.81. The molecule has 0 aliphatic rings. The van der Waals surface area contributed by atoms with E-state index in [4.69, 9.17) is 9.15 Å². The Morgan fingerprint density at radius 1 is 1.35 bits per heavy atom. The number of hydrogen-bond acceptors (Lipinski definition) is 3. The van der Waals surface area contributed by atoms with E-state index in [0.29, 0.717) is 5.75 Å². The topological polar surface area (TPSA) is 34.4 Å². The average molecular weight is 277 g/mol. The van der Waals surface area contributed by atoms with E-state index in [0.717, 1.165) is 30.7 Å². The Kier molecular flexibility index (Phi) is 5.18. The Morgan fingerprint density at radius 2 is 2.20 bits per heavy atom. The second kappa shape index (κ2) is 7.10. The van der Waals surface area contributed by atoms with Crippen LogP contribution in [0, 0.1) is 5.82 Å². The van der Waals surface area contributed by atoms with Gasteiger partial charge in [-0.2, -0.15) is 0 Å². The quantitative estimate of drug-likeness (QED) is 0.837. The molecule has 1 N–H and O–H groups in total. The molecule has 1 unspecified atom stereocenters.